The van der Waals surface area contributed by atoms with E-state index in [0.717, 1.165) is 0 Å². The van der Waals surface area contributed by atoms with Crippen molar-refractivity contribution in [2.45, 2.75) is 10.6 Å². The van der Waals surface area contributed by atoms with E-state index in [1.54, 1.807) is 24.3 Å². The lowest BCUT2D eigenvalue weighted by molar-refractivity contribution is 0.403. The van der Waals surface area contributed by atoms with E-state index in [1.165, 1.54) is 25.3 Å². The molecule has 0 saturated heterocycles. The van der Waals surface area contributed by atoms with E-state index in [0.29, 0.717) is 16.3 Å². The smallest absolute Gasteiger partial charge is 0.186 e. The van der Waals surface area contributed by atoms with Crippen molar-refractivity contribution in [3.63, 3.8) is 0 Å². The van der Waals surface area contributed by atoms with E-state index in [1.807, 2.05) is 0 Å². The summed E-state index contributed by atoms with van der Waals surface area (Å²) in [6.45, 7) is 0. The Bertz CT molecular complexity index is 729. The van der Waals surface area contributed by atoms with Crippen molar-refractivity contribution >= 4 is 27.1 Å². The number of hydrogen-bond donors (Lipinski definition) is 1. The number of sulfone groups is 1. The highest BCUT2D eigenvalue weighted by Gasteiger charge is 2.20. The summed E-state index contributed by atoms with van der Waals surface area (Å²) in [7, 11) is -2.12. The van der Waals surface area contributed by atoms with Crippen molar-refractivity contribution < 1.29 is 13.2 Å². The largest absolute Gasteiger partial charge is 0.495 e. The minimum Gasteiger partial charge on any atom is -0.495 e. The Balaban J connectivity index is 2.40. The number of benzene rings is 2. The highest BCUT2D eigenvalue weighted by atomic mass is 35.5. The summed E-state index contributed by atoms with van der Waals surface area (Å²) in [4.78, 5) is 0.120. The number of rotatable bonds is 4. The molecule has 0 spiro atoms. The summed E-state index contributed by atoms with van der Waals surface area (Å²) in [6.07, 6.45) is 0. The Kier molecular flexibility index (Phi) is 4.20. The van der Waals surface area contributed by atoms with Gasteiger partial charge in [-0.3, -0.25) is 0 Å². The molecule has 0 unspecified atom stereocenters. The Morgan fingerprint density at radius 1 is 1.20 bits per heavy atom. The van der Waals surface area contributed by atoms with E-state index >= 15 is 0 Å². The molecule has 0 radical (unpaired) electrons. The van der Waals surface area contributed by atoms with Crippen LogP contribution < -0.4 is 10.5 Å². The first-order valence-corrected chi connectivity index (χ1v) is 7.86. The SMILES string of the molecule is COc1cc(N)ccc1S(=O)(=O)Cc1cccc(Cl)c1. The van der Waals surface area contributed by atoms with Crippen LogP contribution in [-0.2, 0) is 15.6 Å². The molecule has 0 aliphatic rings. The van der Waals surface area contributed by atoms with Crippen molar-refractivity contribution in [3.8, 4) is 5.75 Å². The van der Waals surface area contributed by atoms with Crippen molar-refractivity contribution in [2.24, 2.45) is 0 Å². The molecule has 0 aromatic heterocycles. The zero-order valence-corrected chi connectivity index (χ0v) is 12.4. The summed E-state index contributed by atoms with van der Waals surface area (Å²) < 4.78 is 30.0. The monoisotopic (exact) mass is 311 g/mol. The molecular weight excluding hydrogens is 298 g/mol. The van der Waals surface area contributed by atoms with Crippen LogP contribution in [0.25, 0.3) is 0 Å². The van der Waals surface area contributed by atoms with Gasteiger partial charge in [-0.1, -0.05) is 23.7 Å². The average Bonchev–Trinajstić information content (AvgIpc) is 2.37. The van der Waals surface area contributed by atoms with Crippen LogP contribution in [0, 0.1) is 0 Å². The lowest BCUT2D eigenvalue weighted by Gasteiger charge is -2.10. The molecule has 4 nitrogen and oxygen atoms in total. The van der Waals surface area contributed by atoms with Gasteiger partial charge in [-0.25, -0.2) is 8.42 Å². The fourth-order valence-electron chi connectivity index (χ4n) is 1.87. The van der Waals surface area contributed by atoms with E-state index < -0.39 is 9.84 Å². The fourth-order valence-corrected chi connectivity index (χ4v) is 3.58. The standard InChI is InChI=1S/C14H14ClNO3S/c1-19-13-8-12(16)5-6-14(13)20(17,18)9-10-3-2-4-11(15)7-10/h2-8H,9,16H2,1H3. The number of hydrogen-bond acceptors (Lipinski definition) is 4. The third-order valence-electron chi connectivity index (χ3n) is 2.77. The first-order chi connectivity index (χ1) is 9.42. The molecule has 20 heavy (non-hydrogen) atoms. The number of halogens is 1. The van der Waals surface area contributed by atoms with Gasteiger partial charge in [0.1, 0.15) is 10.6 Å². The zero-order chi connectivity index (χ0) is 14.8. The van der Waals surface area contributed by atoms with Crippen LogP contribution in [0.15, 0.2) is 47.4 Å². The topological polar surface area (TPSA) is 69.4 Å². The van der Waals surface area contributed by atoms with Crippen LogP contribution in [0.2, 0.25) is 5.02 Å². The molecule has 0 bridgehead atoms. The zero-order valence-electron chi connectivity index (χ0n) is 10.8. The first-order valence-electron chi connectivity index (χ1n) is 5.83. The van der Waals surface area contributed by atoms with E-state index in [4.69, 9.17) is 22.1 Å². The summed E-state index contributed by atoms with van der Waals surface area (Å²) in [5.41, 5.74) is 6.70. The maximum absolute atomic E-state index is 12.4. The van der Waals surface area contributed by atoms with Crippen LogP contribution in [0.4, 0.5) is 5.69 Å². The van der Waals surface area contributed by atoms with Gasteiger partial charge < -0.3 is 10.5 Å². The van der Waals surface area contributed by atoms with Crippen molar-refractivity contribution in [2.75, 3.05) is 12.8 Å². The number of anilines is 1. The van der Waals surface area contributed by atoms with Crippen molar-refractivity contribution in [1.29, 1.82) is 0 Å². The molecule has 106 valence electrons. The van der Waals surface area contributed by atoms with E-state index in [-0.39, 0.29) is 16.4 Å². The van der Waals surface area contributed by atoms with Gasteiger partial charge in [0.15, 0.2) is 9.84 Å². The van der Waals surface area contributed by atoms with Gasteiger partial charge >= 0.3 is 0 Å². The number of ether oxygens (including phenoxy) is 1. The Morgan fingerprint density at radius 3 is 2.60 bits per heavy atom. The van der Waals surface area contributed by atoms with Gasteiger partial charge in [-0.15, -0.1) is 0 Å². The predicted octanol–water partition coefficient (Wildman–Crippen LogP) is 2.90. The van der Waals surface area contributed by atoms with Gasteiger partial charge in [0.25, 0.3) is 0 Å². The van der Waals surface area contributed by atoms with Gasteiger partial charge in [-0.05, 0) is 29.8 Å². The Morgan fingerprint density at radius 2 is 1.95 bits per heavy atom. The lowest BCUT2D eigenvalue weighted by atomic mass is 10.2. The maximum atomic E-state index is 12.4. The first kappa shape index (κ1) is 14.7. The molecule has 6 heteroatoms. The second-order valence-corrected chi connectivity index (χ2v) is 6.69. The molecule has 0 atom stereocenters. The van der Waals surface area contributed by atoms with Crippen LogP contribution in [-0.4, -0.2) is 15.5 Å². The molecule has 0 saturated carbocycles. The molecule has 2 rings (SSSR count). The maximum Gasteiger partial charge on any atom is 0.186 e. The Labute approximate surface area is 123 Å². The highest BCUT2D eigenvalue weighted by Crippen LogP contribution is 2.29. The Hall–Kier alpha value is -1.72. The van der Waals surface area contributed by atoms with Crippen molar-refractivity contribution in [3.05, 3.63) is 53.1 Å². The molecular formula is C14H14ClNO3S. The summed E-state index contributed by atoms with van der Waals surface area (Å²) >= 11 is 5.86. The highest BCUT2D eigenvalue weighted by molar-refractivity contribution is 7.90. The van der Waals surface area contributed by atoms with E-state index in [9.17, 15) is 8.42 Å². The average molecular weight is 312 g/mol. The second kappa shape index (κ2) is 5.73. The molecule has 0 heterocycles. The molecule has 0 aliphatic carbocycles. The molecule has 0 aliphatic heterocycles. The third-order valence-corrected chi connectivity index (χ3v) is 4.72. The van der Waals surface area contributed by atoms with Crippen molar-refractivity contribution in [1.82, 2.24) is 0 Å². The normalized spacial score (nSPS) is 11.3. The molecule has 2 aromatic rings. The number of methoxy groups -OCH3 is 1. The second-order valence-electron chi connectivity index (χ2n) is 4.30. The van der Waals surface area contributed by atoms with E-state index in [2.05, 4.69) is 0 Å². The van der Waals surface area contributed by atoms with Gasteiger partial charge in [0.2, 0.25) is 0 Å². The van der Waals surface area contributed by atoms with Gasteiger partial charge in [0.05, 0.1) is 12.9 Å². The van der Waals surface area contributed by atoms with Gasteiger partial charge in [-0.2, -0.15) is 0 Å². The quantitative estimate of drug-likeness (QED) is 0.881. The molecule has 2 N–H and O–H groups in total. The predicted molar refractivity (Wildman–Crippen MR) is 79.7 cm³/mol. The molecule has 0 fully saturated rings. The van der Waals surface area contributed by atoms with Crippen LogP contribution in [0.3, 0.4) is 0 Å². The fraction of sp³-hybridized carbons (Fsp3) is 0.143. The minimum absolute atomic E-state index is 0.120. The summed E-state index contributed by atoms with van der Waals surface area (Å²) in [5.74, 6) is 0.0976. The summed E-state index contributed by atoms with van der Waals surface area (Å²) in [6, 6.07) is 11.2. The number of nitrogen functional groups attached to an aromatic ring is 1. The van der Waals surface area contributed by atoms with Crippen LogP contribution in [0.1, 0.15) is 5.56 Å². The van der Waals surface area contributed by atoms with Crippen LogP contribution in [0.5, 0.6) is 5.75 Å². The van der Waals surface area contributed by atoms with Crippen LogP contribution >= 0.6 is 11.6 Å². The molecule has 2 aromatic carbocycles. The minimum atomic E-state index is -3.53. The van der Waals surface area contributed by atoms with Gasteiger partial charge in [0, 0.05) is 16.8 Å². The summed E-state index contributed by atoms with van der Waals surface area (Å²) in [5, 5.41) is 0.502. The molecule has 0 amide bonds. The lowest BCUT2D eigenvalue weighted by Crippen LogP contribution is -2.07. The number of nitrogens with two attached hydrogens (primary N) is 1. The third kappa shape index (κ3) is 3.23.